The van der Waals surface area contributed by atoms with Gasteiger partial charge in [-0.1, -0.05) is 18.2 Å². The van der Waals surface area contributed by atoms with E-state index < -0.39 is 0 Å². The van der Waals surface area contributed by atoms with Gasteiger partial charge in [-0.25, -0.2) is 4.57 Å². The minimum absolute atomic E-state index is 1.20. The van der Waals surface area contributed by atoms with Crippen molar-refractivity contribution in [3.05, 3.63) is 70.9 Å². The van der Waals surface area contributed by atoms with Crippen LogP contribution in [0.25, 0.3) is 27.6 Å². The van der Waals surface area contributed by atoms with Crippen molar-refractivity contribution in [2.45, 2.75) is 27.7 Å². The minimum Gasteiger partial charge on any atom is -0.234 e. The third-order valence-electron chi connectivity index (χ3n) is 5.47. The Hall–Kier alpha value is -2.61. The summed E-state index contributed by atoms with van der Waals surface area (Å²) < 4.78 is 4.68. The number of hydrogen-bond acceptors (Lipinski definition) is 0. The summed E-state index contributed by atoms with van der Waals surface area (Å²) in [7, 11) is 2.14. The number of para-hydroxylation sites is 1. The third-order valence-corrected chi connectivity index (χ3v) is 5.47. The molecule has 0 aliphatic heterocycles. The molecule has 2 nitrogen and oxygen atoms in total. The average Bonchev–Trinajstić information content (AvgIpc) is 2.90. The molecule has 2 heteroatoms. The Morgan fingerprint density at radius 3 is 2.33 bits per heavy atom. The molecule has 0 bridgehead atoms. The van der Waals surface area contributed by atoms with Crippen LogP contribution in [0.2, 0.25) is 0 Å². The van der Waals surface area contributed by atoms with Crippen LogP contribution < -0.4 is 4.57 Å². The maximum Gasteiger partial charge on any atom is 0.286 e. The number of hydrogen-bond donors (Lipinski definition) is 0. The second-order valence-corrected chi connectivity index (χ2v) is 6.78. The first-order valence-corrected chi connectivity index (χ1v) is 8.46. The lowest BCUT2D eigenvalue weighted by Crippen LogP contribution is -2.37. The molecule has 4 aromatic rings. The number of aryl methyl sites for hydroxylation is 3. The van der Waals surface area contributed by atoms with Gasteiger partial charge in [0.2, 0.25) is 0 Å². The van der Waals surface area contributed by atoms with Crippen molar-refractivity contribution < 1.29 is 4.57 Å². The summed E-state index contributed by atoms with van der Waals surface area (Å²) in [6.07, 6.45) is 0. The second-order valence-electron chi connectivity index (χ2n) is 6.78. The van der Waals surface area contributed by atoms with E-state index in [2.05, 4.69) is 92.4 Å². The molecule has 120 valence electrons. The van der Waals surface area contributed by atoms with Gasteiger partial charge in [0.05, 0.1) is 7.05 Å². The topological polar surface area (TPSA) is 8.81 Å². The quantitative estimate of drug-likeness (QED) is 0.444. The Balaban J connectivity index is 2.29. The molecule has 0 fully saturated rings. The van der Waals surface area contributed by atoms with E-state index in [1.807, 2.05) is 0 Å². The molecule has 2 aromatic carbocycles. The van der Waals surface area contributed by atoms with Crippen LogP contribution in [0, 0.1) is 27.7 Å². The molecule has 2 aromatic heterocycles. The van der Waals surface area contributed by atoms with Crippen molar-refractivity contribution in [2.75, 3.05) is 0 Å². The van der Waals surface area contributed by atoms with Crippen molar-refractivity contribution in [3.8, 4) is 5.82 Å². The van der Waals surface area contributed by atoms with Crippen molar-refractivity contribution in [2.24, 2.45) is 7.05 Å². The van der Waals surface area contributed by atoms with Gasteiger partial charge in [0.1, 0.15) is 16.7 Å². The van der Waals surface area contributed by atoms with Crippen LogP contribution in [0.4, 0.5) is 0 Å². The van der Waals surface area contributed by atoms with Crippen LogP contribution in [0.5, 0.6) is 0 Å². The van der Waals surface area contributed by atoms with Crippen molar-refractivity contribution in [1.29, 1.82) is 0 Å². The summed E-state index contributed by atoms with van der Waals surface area (Å²) in [6, 6.07) is 17.6. The Morgan fingerprint density at radius 1 is 0.792 bits per heavy atom. The number of benzene rings is 2. The molecule has 0 aliphatic rings. The van der Waals surface area contributed by atoms with Gasteiger partial charge in [0, 0.05) is 22.4 Å². The van der Waals surface area contributed by atoms with E-state index in [-0.39, 0.29) is 0 Å². The van der Waals surface area contributed by atoms with Crippen LogP contribution in [0.15, 0.2) is 48.5 Å². The van der Waals surface area contributed by atoms with Crippen LogP contribution in [0.3, 0.4) is 0 Å². The molecule has 2 heterocycles. The van der Waals surface area contributed by atoms with E-state index in [0.29, 0.717) is 0 Å². The number of aromatic nitrogens is 2. The van der Waals surface area contributed by atoms with Gasteiger partial charge in [-0.3, -0.25) is 0 Å². The monoisotopic (exact) mass is 315 g/mol. The molecule has 0 N–H and O–H groups in total. The fourth-order valence-corrected chi connectivity index (χ4v) is 3.72. The highest BCUT2D eigenvalue weighted by atomic mass is 15.1. The summed E-state index contributed by atoms with van der Waals surface area (Å²) in [6.45, 7) is 8.83. The first-order valence-electron chi connectivity index (χ1n) is 8.46. The standard InChI is InChI=1S/C22H23N2/c1-14-13-19-18-10-6-7-11-20(18)24(22(19)17(4)16(14)3)21-12-8-9-15(2)23(21)5/h6-13H,1-5H3/q+1. The lowest BCUT2D eigenvalue weighted by atomic mass is 10.00. The Labute approximate surface area is 143 Å². The maximum atomic E-state index is 2.42. The molecule has 0 radical (unpaired) electrons. The van der Waals surface area contributed by atoms with Gasteiger partial charge in [-0.05, 0) is 63.1 Å². The highest BCUT2D eigenvalue weighted by Crippen LogP contribution is 2.35. The molecular weight excluding hydrogens is 292 g/mol. The minimum atomic E-state index is 1.20. The van der Waals surface area contributed by atoms with Crippen LogP contribution in [-0.2, 0) is 7.05 Å². The summed E-state index contributed by atoms with van der Waals surface area (Å²) in [4.78, 5) is 0. The van der Waals surface area contributed by atoms with Crippen LogP contribution >= 0.6 is 0 Å². The smallest absolute Gasteiger partial charge is 0.234 e. The number of nitrogens with zero attached hydrogens (tertiary/aromatic N) is 2. The van der Waals surface area contributed by atoms with E-state index in [1.54, 1.807) is 0 Å². The van der Waals surface area contributed by atoms with Crippen LogP contribution in [0.1, 0.15) is 22.4 Å². The molecular formula is C22H23N2+. The van der Waals surface area contributed by atoms with Crippen LogP contribution in [-0.4, -0.2) is 4.57 Å². The molecule has 24 heavy (non-hydrogen) atoms. The lowest BCUT2D eigenvalue weighted by Gasteiger charge is -2.09. The van der Waals surface area contributed by atoms with E-state index >= 15 is 0 Å². The van der Waals surface area contributed by atoms with Gasteiger partial charge < -0.3 is 0 Å². The van der Waals surface area contributed by atoms with E-state index in [9.17, 15) is 0 Å². The van der Waals surface area contributed by atoms with E-state index in [0.717, 1.165) is 0 Å². The first-order chi connectivity index (χ1) is 11.5. The molecule has 0 saturated carbocycles. The third kappa shape index (κ3) is 1.92. The molecule has 0 atom stereocenters. The van der Waals surface area contributed by atoms with E-state index in [4.69, 9.17) is 0 Å². The largest absolute Gasteiger partial charge is 0.286 e. The van der Waals surface area contributed by atoms with Gasteiger partial charge in [-0.15, -0.1) is 0 Å². The SMILES string of the molecule is Cc1cc2c3ccccc3n(-c3cccc(C)[n+]3C)c2c(C)c1C. The predicted molar refractivity (Wildman–Crippen MR) is 101 cm³/mol. The van der Waals surface area contributed by atoms with Gasteiger partial charge >= 0.3 is 0 Å². The fourth-order valence-electron chi connectivity index (χ4n) is 3.72. The van der Waals surface area contributed by atoms with Crippen molar-refractivity contribution in [3.63, 3.8) is 0 Å². The zero-order valence-corrected chi connectivity index (χ0v) is 15.0. The lowest BCUT2D eigenvalue weighted by molar-refractivity contribution is -0.671. The summed E-state index contributed by atoms with van der Waals surface area (Å²) in [5.41, 5.74) is 7.93. The second kappa shape index (κ2) is 5.20. The summed E-state index contributed by atoms with van der Waals surface area (Å²) >= 11 is 0. The highest BCUT2D eigenvalue weighted by molar-refractivity contribution is 6.10. The van der Waals surface area contributed by atoms with Gasteiger partial charge in [-0.2, -0.15) is 4.57 Å². The Kier molecular flexibility index (Phi) is 3.24. The molecule has 0 saturated heterocycles. The molecule has 0 unspecified atom stereocenters. The number of rotatable bonds is 1. The Bertz CT molecular complexity index is 1100. The normalized spacial score (nSPS) is 11.5. The molecule has 4 rings (SSSR count). The molecule has 0 aliphatic carbocycles. The van der Waals surface area contributed by atoms with Gasteiger partial charge in [0.15, 0.2) is 0 Å². The zero-order valence-electron chi connectivity index (χ0n) is 15.0. The average molecular weight is 315 g/mol. The molecule has 0 amide bonds. The Morgan fingerprint density at radius 2 is 1.54 bits per heavy atom. The van der Waals surface area contributed by atoms with E-state index in [1.165, 1.54) is 50.0 Å². The number of pyridine rings is 1. The first kappa shape index (κ1) is 14.9. The predicted octanol–water partition coefficient (Wildman–Crippen LogP) is 4.84. The van der Waals surface area contributed by atoms with Crippen molar-refractivity contribution in [1.82, 2.24) is 4.57 Å². The molecule has 0 spiro atoms. The van der Waals surface area contributed by atoms with Gasteiger partial charge in [0.25, 0.3) is 5.82 Å². The fraction of sp³-hybridized carbons (Fsp3) is 0.227. The highest BCUT2D eigenvalue weighted by Gasteiger charge is 2.23. The zero-order chi connectivity index (χ0) is 17.0. The summed E-state index contributed by atoms with van der Waals surface area (Å²) in [5.74, 6) is 1.20. The maximum absolute atomic E-state index is 2.42. The van der Waals surface area contributed by atoms with Crippen molar-refractivity contribution >= 4 is 21.8 Å². The summed E-state index contributed by atoms with van der Waals surface area (Å²) in [5, 5.41) is 2.66. The number of fused-ring (bicyclic) bond motifs is 3.